The van der Waals surface area contributed by atoms with Crippen molar-refractivity contribution >= 4 is 11.3 Å². The molecule has 3 heteroatoms. The van der Waals surface area contributed by atoms with E-state index in [1.165, 1.54) is 16.0 Å². The molecule has 0 aliphatic rings. The van der Waals surface area contributed by atoms with Gasteiger partial charge in [0.2, 0.25) is 0 Å². The van der Waals surface area contributed by atoms with Gasteiger partial charge in [0.25, 0.3) is 0 Å². The van der Waals surface area contributed by atoms with Crippen LogP contribution in [-0.4, -0.2) is 11.5 Å². The third kappa shape index (κ3) is 2.31. The highest BCUT2D eigenvalue weighted by Gasteiger charge is 2.08. The van der Waals surface area contributed by atoms with E-state index in [0.717, 1.165) is 17.1 Å². The normalized spacial score (nSPS) is 10.7. The number of aryl methyl sites for hydroxylation is 2. The summed E-state index contributed by atoms with van der Waals surface area (Å²) >= 11 is 1.75. The smallest absolute Gasteiger partial charge is 0.0947 e. The Bertz CT molecular complexity index is 471. The standard InChI is InChI=1S/C13H16N2S/c1-9-3-5-11(6-4-9)13-10(2)16-12(15-13)7-8-14/h3-6H,7-8,14H2,1-2H3. The molecule has 0 aliphatic carbocycles. The summed E-state index contributed by atoms with van der Waals surface area (Å²) in [5.74, 6) is 0. The summed E-state index contributed by atoms with van der Waals surface area (Å²) < 4.78 is 0. The molecule has 0 spiro atoms. The van der Waals surface area contributed by atoms with Gasteiger partial charge in [0.1, 0.15) is 0 Å². The van der Waals surface area contributed by atoms with E-state index in [1.54, 1.807) is 11.3 Å². The van der Waals surface area contributed by atoms with E-state index in [1.807, 2.05) is 0 Å². The van der Waals surface area contributed by atoms with Gasteiger partial charge in [-0.25, -0.2) is 4.98 Å². The molecule has 2 N–H and O–H groups in total. The lowest BCUT2D eigenvalue weighted by Crippen LogP contribution is -2.01. The van der Waals surface area contributed by atoms with Crippen molar-refractivity contribution in [2.75, 3.05) is 6.54 Å². The minimum absolute atomic E-state index is 0.667. The lowest BCUT2D eigenvalue weighted by atomic mass is 10.1. The van der Waals surface area contributed by atoms with Crippen LogP contribution in [0.15, 0.2) is 24.3 Å². The fourth-order valence-electron chi connectivity index (χ4n) is 1.66. The molecule has 0 radical (unpaired) electrons. The maximum atomic E-state index is 5.55. The van der Waals surface area contributed by atoms with Crippen LogP contribution in [0.1, 0.15) is 15.4 Å². The molecule has 1 heterocycles. The zero-order valence-electron chi connectivity index (χ0n) is 9.66. The maximum Gasteiger partial charge on any atom is 0.0947 e. The average Bonchev–Trinajstić information content (AvgIpc) is 2.61. The first-order valence-corrected chi connectivity index (χ1v) is 6.26. The molecule has 2 aromatic rings. The summed E-state index contributed by atoms with van der Waals surface area (Å²) in [6.07, 6.45) is 0.872. The molecule has 0 saturated carbocycles. The molecule has 0 amide bonds. The van der Waals surface area contributed by atoms with Crippen molar-refractivity contribution < 1.29 is 0 Å². The van der Waals surface area contributed by atoms with Crippen LogP contribution in [0.25, 0.3) is 11.3 Å². The van der Waals surface area contributed by atoms with E-state index < -0.39 is 0 Å². The topological polar surface area (TPSA) is 38.9 Å². The number of aromatic nitrogens is 1. The molecule has 2 nitrogen and oxygen atoms in total. The number of thiazole rings is 1. The van der Waals surface area contributed by atoms with E-state index in [2.05, 4.69) is 43.1 Å². The van der Waals surface area contributed by atoms with Crippen molar-refractivity contribution in [3.05, 3.63) is 39.7 Å². The number of nitrogens with two attached hydrogens (primary N) is 1. The molecule has 16 heavy (non-hydrogen) atoms. The van der Waals surface area contributed by atoms with E-state index in [-0.39, 0.29) is 0 Å². The summed E-state index contributed by atoms with van der Waals surface area (Å²) in [6, 6.07) is 8.50. The molecular formula is C13H16N2S. The zero-order valence-corrected chi connectivity index (χ0v) is 10.5. The fourth-order valence-corrected chi connectivity index (χ4v) is 2.63. The Morgan fingerprint density at radius 1 is 1.19 bits per heavy atom. The Kier molecular flexibility index (Phi) is 3.36. The lowest BCUT2D eigenvalue weighted by molar-refractivity contribution is 0.954. The van der Waals surface area contributed by atoms with E-state index >= 15 is 0 Å². The van der Waals surface area contributed by atoms with E-state index in [9.17, 15) is 0 Å². The molecular weight excluding hydrogens is 216 g/mol. The monoisotopic (exact) mass is 232 g/mol. The Morgan fingerprint density at radius 3 is 2.50 bits per heavy atom. The second-order valence-electron chi connectivity index (χ2n) is 3.92. The van der Waals surface area contributed by atoms with Crippen molar-refractivity contribution in [1.29, 1.82) is 0 Å². The predicted molar refractivity (Wildman–Crippen MR) is 69.8 cm³/mol. The molecule has 0 saturated heterocycles. The van der Waals surface area contributed by atoms with Gasteiger partial charge in [-0.1, -0.05) is 29.8 Å². The molecule has 0 fully saturated rings. The van der Waals surface area contributed by atoms with Gasteiger partial charge in [-0.3, -0.25) is 0 Å². The summed E-state index contributed by atoms with van der Waals surface area (Å²) in [5.41, 5.74) is 9.12. The highest BCUT2D eigenvalue weighted by molar-refractivity contribution is 7.12. The van der Waals surface area contributed by atoms with Crippen molar-refractivity contribution in [2.24, 2.45) is 5.73 Å². The number of benzene rings is 1. The molecule has 2 rings (SSSR count). The van der Waals surface area contributed by atoms with Crippen LogP contribution in [0.2, 0.25) is 0 Å². The molecule has 1 aromatic carbocycles. The Balaban J connectivity index is 2.36. The van der Waals surface area contributed by atoms with Crippen molar-refractivity contribution in [2.45, 2.75) is 20.3 Å². The van der Waals surface area contributed by atoms with Crippen LogP contribution in [0.5, 0.6) is 0 Å². The summed E-state index contributed by atoms with van der Waals surface area (Å²) in [5, 5.41) is 1.13. The highest BCUT2D eigenvalue weighted by atomic mass is 32.1. The predicted octanol–water partition coefficient (Wildman–Crippen LogP) is 2.93. The zero-order chi connectivity index (χ0) is 11.5. The first-order chi connectivity index (χ1) is 7.70. The van der Waals surface area contributed by atoms with Gasteiger partial charge in [0.15, 0.2) is 0 Å². The van der Waals surface area contributed by atoms with Gasteiger partial charge < -0.3 is 5.73 Å². The fraction of sp³-hybridized carbons (Fsp3) is 0.308. The number of hydrogen-bond acceptors (Lipinski definition) is 3. The largest absolute Gasteiger partial charge is 0.330 e. The van der Waals surface area contributed by atoms with Gasteiger partial charge in [-0.2, -0.15) is 0 Å². The average molecular weight is 232 g/mol. The minimum Gasteiger partial charge on any atom is -0.330 e. The second kappa shape index (κ2) is 4.76. The van der Waals surface area contributed by atoms with Crippen LogP contribution in [0, 0.1) is 13.8 Å². The molecule has 1 aromatic heterocycles. The van der Waals surface area contributed by atoms with Crippen molar-refractivity contribution in [3.63, 3.8) is 0 Å². The van der Waals surface area contributed by atoms with E-state index in [0.29, 0.717) is 6.54 Å². The van der Waals surface area contributed by atoms with Crippen LogP contribution in [0.4, 0.5) is 0 Å². The van der Waals surface area contributed by atoms with Gasteiger partial charge in [0.05, 0.1) is 10.7 Å². The first kappa shape index (κ1) is 11.3. The molecule has 84 valence electrons. The van der Waals surface area contributed by atoms with Crippen LogP contribution in [-0.2, 0) is 6.42 Å². The third-order valence-corrected chi connectivity index (χ3v) is 3.55. The Morgan fingerprint density at radius 2 is 1.88 bits per heavy atom. The summed E-state index contributed by atoms with van der Waals surface area (Å²) in [4.78, 5) is 5.91. The molecule has 0 aliphatic heterocycles. The van der Waals surface area contributed by atoms with Crippen molar-refractivity contribution in [1.82, 2.24) is 4.98 Å². The molecule has 0 atom stereocenters. The minimum atomic E-state index is 0.667. The number of nitrogens with zero attached hydrogens (tertiary/aromatic N) is 1. The van der Waals surface area contributed by atoms with Crippen molar-refractivity contribution in [3.8, 4) is 11.3 Å². The van der Waals surface area contributed by atoms with Gasteiger partial charge >= 0.3 is 0 Å². The van der Waals surface area contributed by atoms with Crippen LogP contribution >= 0.6 is 11.3 Å². The summed E-state index contributed by atoms with van der Waals surface area (Å²) in [6.45, 7) is 4.88. The van der Waals surface area contributed by atoms with Gasteiger partial charge in [-0.05, 0) is 20.4 Å². The molecule has 0 bridgehead atoms. The van der Waals surface area contributed by atoms with Gasteiger partial charge in [0, 0.05) is 16.9 Å². The maximum absolute atomic E-state index is 5.55. The third-order valence-electron chi connectivity index (χ3n) is 2.52. The molecule has 0 unspecified atom stereocenters. The SMILES string of the molecule is Cc1ccc(-c2nc(CCN)sc2C)cc1. The first-order valence-electron chi connectivity index (χ1n) is 5.44. The number of rotatable bonds is 3. The van der Waals surface area contributed by atoms with Crippen LogP contribution < -0.4 is 5.73 Å². The van der Waals surface area contributed by atoms with Crippen LogP contribution in [0.3, 0.4) is 0 Å². The summed E-state index contributed by atoms with van der Waals surface area (Å²) in [7, 11) is 0. The lowest BCUT2D eigenvalue weighted by Gasteiger charge is -1.99. The highest BCUT2D eigenvalue weighted by Crippen LogP contribution is 2.27. The Labute approximate surface area is 100 Å². The van der Waals surface area contributed by atoms with Gasteiger partial charge in [-0.15, -0.1) is 11.3 Å². The Hall–Kier alpha value is -1.19. The quantitative estimate of drug-likeness (QED) is 0.883. The second-order valence-corrected chi connectivity index (χ2v) is 5.20. The number of hydrogen-bond donors (Lipinski definition) is 1. The van der Waals surface area contributed by atoms with E-state index in [4.69, 9.17) is 5.73 Å².